The fourth-order valence-electron chi connectivity index (χ4n) is 1.74. The molecule has 84 valence electrons. The van der Waals surface area contributed by atoms with Crippen molar-refractivity contribution < 1.29 is 0 Å². The quantitative estimate of drug-likeness (QED) is 0.771. The number of nitrogens with zero attached hydrogens (tertiary/aromatic N) is 1. The fourth-order valence-corrected chi connectivity index (χ4v) is 2.64. The molecule has 1 saturated heterocycles. The highest BCUT2D eigenvalue weighted by Crippen LogP contribution is 2.12. The molecule has 1 aliphatic rings. The first-order valence-electron chi connectivity index (χ1n) is 5.75. The summed E-state index contributed by atoms with van der Waals surface area (Å²) >= 11 is 2.10. The van der Waals surface area contributed by atoms with E-state index < -0.39 is 0 Å². The van der Waals surface area contributed by atoms with E-state index >= 15 is 0 Å². The maximum Gasteiger partial charge on any atom is 0.0192 e. The van der Waals surface area contributed by atoms with Gasteiger partial charge in [0.2, 0.25) is 0 Å². The summed E-state index contributed by atoms with van der Waals surface area (Å²) in [5.74, 6) is 2.66. The first kappa shape index (κ1) is 12.3. The maximum absolute atomic E-state index is 3.51. The summed E-state index contributed by atoms with van der Waals surface area (Å²) in [6.45, 7) is 10.4. The normalized spacial score (nSPS) is 22.3. The molecule has 1 N–H and O–H groups in total. The molecule has 1 aliphatic heterocycles. The van der Waals surface area contributed by atoms with Crippen LogP contribution in [-0.2, 0) is 0 Å². The zero-order valence-electron chi connectivity index (χ0n) is 9.75. The van der Waals surface area contributed by atoms with Crippen LogP contribution in [0, 0.1) is 0 Å². The van der Waals surface area contributed by atoms with E-state index in [4.69, 9.17) is 0 Å². The molecular weight excluding hydrogens is 192 g/mol. The van der Waals surface area contributed by atoms with Gasteiger partial charge in [-0.25, -0.2) is 0 Å². The van der Waals surface area contributed by atoms with Gasteiger partial charge in [0.05, 0.1) is 0 Å². The van der Waals surface area contributed by atoms with Crippen molar-refractivity contribution in [2.75, 3.05) is 31.1 Å². The van der Waals surface area contributed by atoms with E-state index in [9.17, 15) is 0 Å². The second-order valence-corrected chi connectivity index (χ2v) is 5.64. The predicted octanol–water partition coefficient (Wildman–Crippen LogP) is 1.81. The summed E-state index contributed by atoms with van der Waals surface area (Å²) in [5.41, 5.74) is 0. The minimum absolute atomic E-state index is 0.610. The summed E-state index contributed by atoms with van der Waals surface area (Å²) in [7, 11) is 0. The van der Waals surface area contributed by atoms with E-state index in [-0.39, 0.29) is 0 Å². The molecule has 2 nitrogen and oxygen atoms in total. The number of thioether (sulfide) groups is 1. The minimum Gasteiger partial charge on any atom is -0.313 e. The van der Waals surface area contributed by atoms with Gasteiger partial charge in [-0.2, -0.15) is 11.8 Å². The summed E-state index contributed by atoms with van der Waals surface area (Å²) < 4.78 is 0. The van der Waals surface area contributed by atoms with Crippen LogP contribution in [-0.4, -0.2) is 48.1 Å². The lowest BCUT2D eigenvalue weighted by Gasteiger charge is -2.28. The number of nitrogens with one attached hydrogen (secondary N) is 1. The molecule has 1 heterocycles. The van der Waals surface area contributed by atoms with E-state index in [2.05, 4.69) is 42.7 Å². The van der Waals surface area contributed by atoms with Crippen LogP contribution in [0.5, 0.6) is 0 Å². The van der Waals surface area contributed by atoms with Crippen LogP contribution in [0.25, 0.3) is 0 Å². The number of hydrogen-bond acceptors (Lipinski definition) is 3. The SMILES string of the molecule is CC(C)NCC(C)N1CCCSCC1. The fraction of sp³-hybridized carbons (Fsp3) is 1.00. The molecule has 0 spiro atoms. The molecule has 14 heavy (non-hydrogen) atoms. The molecule has 0 aromatic rings. The maximum atomic E-state index is 3.51. The highest BCUT2D eigenvalue weighted by molar-refractivity contribution is 7.99. The van der Waals surface area contributed by atoms with Crippen molar-refractivity contribution in [3.63, 3.8) is 0 Å². The molecule has 1 atom stereocenters. The molecule has 0 bridgehead atoms. The van der Waals surface area contributed by atoms with Crippen LogP contribution >= 0.6 is 11.8 Å². The van der Waals surface area contributed by atoms with E-state index in [1.165, 1.54) is 31.0 Å². The van der Waals surface area contributed by atoms with Crippen LogP contribution in [0.3, 0.4) is 0 Å². The lowest BCUT2D eigenvalue weighted by atomic mass is 10.2. The van der Waals surface area contributed by atoms with Crippen molar-refractivity contribution in [1.29, 1.82) is 0 Å². The van der Waals surface area contributed by atoms with E-state index in [1.54, 1.807) is 0 Å². The van der Waals surface area contributed by atoms with Crippen molar-refractivity contribution >= 4 is 11.8 Å². The largest absolute Gasteiger partial charge is 0.313 e. The van der Waals surface area contributed by atoms with Gasteiger partial charge in [-0.05, 0) is 25.6 Å². The first-order chi connectivity index (χ1) is 6.70. The Morgan fingerprint density at radius 2 is 2.00 bits per heavy atom. The van der Waals surface area contributed by atoms with Gasteiger partial charge >= 0.3 is 0 Å². The Hall–Kier alpha value is 0.270. The molecule has 1 fully saturated rings. The Balaban J connectivity index is 2.23. The standard InChI is InChI=1S/C11H24N2S/c1-10(2)12-9-11(3)13-5-4-7-14-8-6-13/h10-12H,4-9H2,1-3H3. The van der Waals surface area contributed by atoms with Crippen molar-refractivity contribution in [1.82, 2.24) is 10.2 Å². The third-order valence-corrected chi connectivity index (χ3v) is 3.75. The monoisotopic (exact) mass is 216 g/mol. The van der Waals surface area contributed by atoms with Gasteiger partial charge in [-0.15, -0.1) is 0 Å². The van der Waals surface area contributed by atoms with Gasteiger partial charge in [-0.1, -0.05) is 13.8 Å². The molecular formula is C11H24N2S. The third kappa shape index (κ3) is 4.67. The van der Waals surface area contributed by atoms with Crippen molar-refractivity contribution in [2.24, 2.45) is 0 Å². The molecule has 1 rings (SSSR count). The van der Waals surface area contributed by atoms with Gasteiger partial charge in [0.1, 0.15) is 0 Å². The minimum atomic E-state index is 0.610. The summed E-state index contributed by atoms with van der Waals surface area (Å²) in [6, 6.07) is 1.30. The number of hydrogen-bond donors (Lipinski definition) is 1. The third-order valence-electron chi connectivity index (χ3n) is 2.70. The van der Waals surface area contributed by atoms with Gasteiger partial charge < -0.3 is 5.32 Å². The average Bonchev–Trinajstić information content (AvgIpc) is 2.42. The van der Waals surface area contributed by atoms with Crippen LogP contribution in [0.1, 0.15) is 27.2 Å². The van der Waals surface area contributed by atoms with E-state index in [0.717, 1.165) is 6.54 Å². The highest BCUT2D eigenvalue weighted by atomic mass is 32.2. The summed E-state index contributed by atoms with van der Waals surface area (Å²) in [6.07, 6.45) is 1.36. The van der Waals surface area contributed by atoms with Crippen LogP contribution < -0.4 is 5.32 Å². The molecule has 0 aromatic carbocycles. The van der Waals surface area contributed by atoms with Crippen LogP contribution in [0.4, 0.5) is 0 Å². The lowest BCUT2D eigenvalue weighted by molar-refractivity contribution is 0.217. The molecule has 0 radical (unpaired) electrons. The molecule has 0 saturated carbocycles. The Kier molecular flexibility index (Phi) is 5.90. The second-order valence-electron chi connectivity index (χ2n) is 4.41. The smallest absolute Gasteiger partial charge is 0.0192 e. The Morgan fingerprint density at radius 1 is 1.21 bits per heavy atom. The van der Waals surface area contributed by atoms with Crippen molar-refractivity contribution in [3.8, 4) is 0 Å². The predicted molar refractivity (Wildman–Crippen MR) is 66.1 cm³/mol. The average molecular weight is 216 g/mol. The molecule has 0 aromatic heterocycles. The lowest BCUT2D eigenvalue weighted by Crippen LogP contribution is -2.43. The summed E-state index contributed by atoms with van der Waals surface area (Å²) in [5, 5.41) is 3.51. The van der Waals surface area contributed by atoms with Crippen LogP contribution in [0.15, 0.2) is 0 Å². The zero-order valence-corrected chi connectivity index (χ0v) is 10.6. The van der Waals surface area contributed by atoms with Crippen LogP contribution in [0.2, 0.25) is 0 Å². The van der Waals surface area contributed by atoms with Crippen molar-refractivity contribution in [3.05, 3.63) is 0 Å². The van der Waals surface area contributed by atoms with Gasteiger partial charge in [0.15, 0.2) is 0 Å². The van der Waals surface area contributed by atoms with E-state index in [0.29, 0.717) is 12.1 Å². The van der Waals surface area contributed by atoms with Gasteiger partial charge in [0.25, 0.3) is 0 Å². The summed E-state index contributed by atoms with van der Waals surface area (Å²) in [4.78, 5) is 2.62. The Morgan fingerprint density at radius 3 is 2.71 bits per heavy atom. The van der Waals surface area contributed by atoms with E-state index in [1.807, 2.05) is 0 Å². The van der Waals surface area contributed by atoms with Crippen molar-refractivity contribution in [2.45, 2.75) is 39.3 Å². The number of rotatable bonds is 4. The Labute approximate surface area is 92.8 Å². The zero-order chi connectivity index (χ0) is 10.4. The second kappa shape index (κ2) is 6.70. The topological polar surface area (TPSA) is 15.3 Å². The van der Waals surface area contributed by atoms with Gasteiger partial charge in [0, 0.05) is 30.9 Å². The Bertz CT molecular complexity index is 142. The molecule has 1 unspecified atom stereocenters. The first-order valence-corrected chi connectivity index (χ1v) is 6.91. The highest BCUT2D eigenvalue weighted by Gasteiger charge is 2.15. The molecule has 3 heteroatoms. The molecule has 0 amide bonds. The molecule has 0 aliphatic carbocycles. The van der Waals surface area contributed by atoms with Gasteiger partial charge in [-0.3, -0.25) is 4.90 Å².